The summed E-state index contributed by atoms with van der Waals surface area (Å²) < 4.78 is 23.5. The molecule has 3 heterocycles. The van der Waals surface area contributed by atoms with Crippen LogP contribution in [-0.2, 0) is 18.3 Å². The molecule has 3 rings (SSSR count). The second-order valence-electron chi connectivity index (χ2n) is 6.94. The highest BCUT2D eigenvalue weighted by Crippen LogP contribution is 2.62. The van der Waals surface area contributed by atoms with Gasteiger partial charge in [-0.25, -0.2) is 9.67 Å². The van der Waals surface area contributed by atoms with E-state index in [9.17, 15) is 9.69 Å². The van der Waals surface area contributed by atoms with Crippen LogP contribution in [0.2, 0.25) is 0 Å². The summed E-state index contributed by atoms with van der Waals surface area (Å²) in [5, 5.41) is 3.99. The Balaban J connectivity index is 0.00000141. The van der Waals surface area contributed by atoms with Gasteiger partial charge in [0.1, 0.15) is 25.3 Å². The Kier molecular flexibility index (Phi) is 16.6. The van der Waals surface area contributed by atoms with Gasteiger partial charge in [-0.2, -0.15) is 4.89 Å². The van der Waals surface area contributed by atoms with Gasteiger partial charge in [0.2, 0.25) is 5.82 Å². The van der Waals surface area contributed by atoms with Crippen molar-refractivity contribution in [3.8, 4) is 0 Å². The minimum absolute atomic E-state index is 0.0508. The van der Waals surface area contributed by atoms with Gasteiger partial charge in [0.15, 0.2) is 6.23 Å². The lowest BCUT2D eigenvalue weighted by atomic mass is 10.1. The smallest absolute Gasteiger partial charge is 0.363 e. The van der Waals surface area contributed by atoms with Gasteiger partial charge in [0.25, 0.3) is 5.91 Å². The van der Waals surface area contributed by atoms with Gasteiger partial charge in [-0.05, 0) is 37.8 Å². The molecule has 34 heavy (non-hydrogen) atoms. The Hall–Kier alpha value is -1.84. The first-order valence-corrected chi connectivity index (χ1v) is 13.7. The number of hydrogen-bond acceptors (Lipinski definition) is 8. The molecule has 11 heteroatoms. The van der Waals surface area contributed by atoms with Crippen molar-refractivity contribution in [2.75, 3.05) is 6.61 Å². The molecule has 1 aromatic rings. The fourth-order valence-corrected chi connectivity index (χ4v) is 4.06. The number of hydrogen-bond donors (Lipinski definition) is 2. The highest BCUT2D eigenvalue weighted by atomic mass is 31.2. The molecule has 0 radical (unpaired) electrons. The molecule has 4 unspecified atom stereocenters. The van der Waals surface area contributed by atoms with E-state index in [0.29, 0.717) is 12.8 Å². The molecule has 2 aliphatic heterocycles. The van der Waals surface area contributed by atoms with Crippen LogP contribution in [0.3, 0.4) is 0 Å². The molecule has 0 bridgehead atoms. The molecular formula is C23H44N4O6P+. The van der Waals surface area contributed by atoms with Gasteiger partial charge in [-0.1, -0.05) is 61.0 Å². The molecule has 2 saturated heterocycles. The lowest BCUT2D eigenvalue weighted by molar-refractivity contribution is 0.0137. The van der Waals surface area contributed by atoms with E-state index in [1.807, 2.05) is 47.6 Å². The Labute approximate surface area is 205 Å². The number of primary amides is 1. The third-order valence-electron chi connectivity index (χ3n) is 4.22. The molecule has 4 atom stereocenters. The van der Waals surface area contributed by atoms with Crippen LogP contribution < -0.4 is 5.73 Å². The summed E-state index contributed by atoms with van der Waals surface area (Å²) in [7, 11) is -3.38. The topological polar surface area (TPSA) is 131 Å². The number of amides is 1. The summed E-state index contributed by atoms with van der Waals surface area (Å²) in [5.41, 5.74) is 6.13. The Morgan fingerprint density at radius 2 is 1.94 bits per heavy atom. The maximum atomic E-state index is 11.1. The first kappa shape index (κ1) is 32.2. The number of carbonyl (C=O) groups excluding carboxylic acids is 1. The monoisotopic (exact) mass is 503 g/mol. The van der Waals surface area contributed by atoms with Crippen LogP contribution in [0.4, 0.5) is 0 Å². The summed E-state index contributed by atoms with van der Waals surface area (Å²) in [6.07, 6.45) is 9.14. The minimum Gasteiger partial charge on any atom is -0.363 e. The van der Waals surface area contributed by atoms with Crippen molar-refractivity contribution < 1.29 is 28.0 Å². The molecule has 0 aromatic carbocycles. The van der Waals surface area contributed by atoms with Gasteiger partial charge in [0.05, 0.1) is 6.10 Å². The van der Waals surface area contributed by atoms with E-state index in [4.69, 9.17) is 24.0 Å². The molecule has 3 N–H and O–H groups in total. The average Bonchev–Trinajstić information content (AvgIpc) is 3.49. The second-order valence-corrected chi connectivity index (χ2v) is 8.55. The normalized spacial score (nSPS) is 27.1. The first-order chi connectivity index (χ1) is 16.3. The zero-order chi connectivity index (χ0) is 26.1. The number of ether oxygens (including phenoxy) is 1. The molecule has 2 fully saturated rings. The number of allylic oxidation sites excluding steroid dienone is 1. The van der Waals surface area contributed by atoms with Gasteiger partial charge < -0.3 is 10.5 Å². The van der Waals surface area contributed by atoms with Crippen LogP contribution in [0.5, 0.6) is 0 Å². The van der Waals surface area contributed by atoms with Crippen molar-refractivity contribution >= 4 is 14.1 Å². The van der Waals surface area contributed by atoms with E-state index in [2.05, 4.69) is 23.9 Å². The third kappa shape index (κ3) is 10.6. The number of carbonyl (C=O) groups is 1. The molecule has 196 valence electrons. The summed E-state index contributed by atoms with van der Waals surface area (Å²) >= 11 is 0. The van der Waals surface area contributed by atoms with E-state index in [0.717, 1.165) is 12.0 Å². The van der Waals surface area contributed by atoms with Crippen LogP contribution in [0.15, 0.2) is 30.3 Å². The summed E-state index contributed by atoms with van der Waals surface area (Å²) in [6.45, 7) is 16.4. The number of nitrogens with zero attached hydrogens (tertiary/aromatic N) is 3. The van der Waals surface area contributed by atoms with E-state index in [1.165, 1.54) is 23.7 Å². The molecule has 0 aliphatic carbocycles. The molecule has 0 saturated carbocycles. The van der Waals surface area contributed by atoms with E-state index in [1.54, 1.807) is 6.08 Å². The Bertz CT molecular complexity index is 758. The highest BCUT2D eigenvalue weighted by molar-refractivity contribution is 7.55. The molecule has 1 aromatic heterocycles. The van der Waals surface area contributed by atoms with Crippen LogP contribution in [0.25, 0.3) is 0 Å². The average molecular weight is 504 g/mol. The summed E-state index contributed by atoms with van der Waals surface area (Å²) in [4.78, 5) is 25.2. The SMILES string of the molecule is CC.CC.CC/C=C1/CO[P+](O)(OC=CC2CCC(n3cnc(C(N)=O)n3)O2)OC1C.CCC. The van der Waals surface area contributed by atoms with Crippen LogP contribution in [-0.4, -0.2) is 44.4 Å². The largest absolute Gasteiger partial charge is 0.619 e. The van der Waals surface area contributed by atoms with Gasteiger partial charge in [-0.3, -0.25) is 9.32 Å². The highest BCUT2D eigenvalue weighted by Gasteiger charge is 2.51. The van der Waals surface area contributed by atoms with Crippen molar-refractivity contribution in [1.82, 2.24) is 14.8 Å². The van der Waals surface area contributed by atoms with Gasteiger partial charge >= 0.3 is 8.17 Å². The number of rotatable bonds is 6. The summed E-state index contributed by atoms with van der Waals surface area (Å²) in [5.74, 6) is -0.738. The van der Waals surface area contributed by atoms with E-state index >= 15 is 0 Å². The van der Waals surface area contributed by atoms with Crippen LogP contribution in [0, 0.1) is 0 Å². The van der Waals surface area contributed by atoms with E-state index < -0.39 is 14.1 Å². The Morgan fingerprint density at radius 3 is 2.47 bits per heavy atom. The maximum Gasteiger partial charge on any atom is 0.619 e. The van der Waals surface area contributed by atoms with Crippen molar-refractivity contribution in [1.29, 1.82) is 0 Å². The van der Waals surface area contributed by atoms with Crippen molar-refractivity contribution in [3.63, 3.8) is 0 Å². The summed E-state index contributed by atoms with van der Waals surface area (Å²) in [6, 6.07) is 0. The number of aromatic nitrogens is 3. The standard InChI is InChI=1S/C16H23N4O6P.C3H8.2C2H6/c1-3-4-12-9-24-27(22,26-11(12)2)23-8-7-13-5-6-14(25-13)20-10-18-16(19-20)15(17)21;1-3-2;2*1-2/h4,7-8,10-11,13-14,22H,3,5-6,9H2,1-2H3,(H-,17,21);3H2,1-2H3;2*1-2H3/p+1/b8-7?,12-4-;;;. The second kappa shape index (κ2) is 17.6. The van der Waals surface area contributed by atoms with E-state index in [-0.39, 0.29) is 30.9 Å². The first-order valence-electron chi connectivity index (χ1n) is 12.2. The van der Waals surface area contributed by atoms with Crippen LogP contribution >= 0.6 is 8.17 Å². The lowest BCUT2D eigenvalue weighted by Gasteiger charge is -2.24. The Morgan fingerprint density at radius 1 is 1.29 bits per heavy atom. The molecule has 2 aliphatic rings. The minimum atomic E-state index is -3.38. The van der Waals surface area contributed by atoms with Gasteiger partial charge in [0, 0.05) is 0 Å². The van der Waals surface area contributed by atoms with Crippen molar-refractivity contribution in [3.05, 3.63) is 36.1 Å². The fraction of sp³-hybridized carbons (Fsp3) is 0.696. The quantitative estimate of drug-likeness (QED) is 0.296. The zero-order valence-electron chi connectivity index (χ0n) is 21.9. The van der Waals surface area contributed by atoms with Crippen molar-refractivity contribution in [2.24, 2.45) is 5.73 Å². The molecular weight excluding hydrogens is 459 g/mol. The lowest BCUT2D eigenvalue weighted by Crippen LogP contribution is -2.24. The zero-order valence-corrected chi connectivity index (χ0v) is 22.8. The van der Waals surface area contributed by atoms with Gasteiger partial charge in [-0.15, -0.1) is 14.1 Å². The maximum absolute atomic E-state index is 11.1. The van der Waals surface area contributed by atoms with Crippen molar-refractivity contribution in [2.45, 2.75) is 99.5 Å². The molecule has 10 nitrogen and oxygen atoms in total. The predicted molar refractivity (Wildman–Crippen MR) is 135 cm³/mol. The molecule has 0 spiro atoms. The van der Waals surface area contributed by atoms with Crippen LogP contribution in [0.1, 0.15) is 97.9 Å². The predicted octanol–water partition coefficient (Wildman–Crippen LogP) is 5.50. The third-order valence-corrected chi connectivity index (χ3v) is 5.64. The molecule has 1 amide bonds. The number of nitrogens with two attached hydrogens (primary N) is 1. The fourth-order valence-electron chi connectivity index (χ4n) is 2.82.